The van der Waals surface area contributed by atoms with Crippen LogP contribution in [0.1, 0.15) is 111 Å². The van der Waals surface area contributed by atoms with E-state index in [0.717, 1.165) is 19.4 Å². The lowest BCUT2D eigenvalue weighted by Crippen LogP contribution is -2.23. The second-order valence-corrected chi connectivity index (χ2v) is 7.95. The van der Waals surface area contributed by atoms with Gasteiger partial charge in [0.2, 0.25) is 5.91 Å². The molecule has 2 nitrogen and oxygen atoms in total. The lowest BCUT2D eigenvalue weighted by atomic mass is 9.89. The summed E-state index contributed by atoms with van der Waals surface area (Å²) in [6.07, 6.45) is 16.0. The topological polar surface area (TPSA) is 29.1 Å². The van der Waals surface area contributed by atoms with Crippen LogP contribution < -0.4 is 5.32 Å². The van der Waals surface area contributed by atoms with Crippen molar-refractivity contribution in [3.05, 3.63) is 0 Å². The Morgan fingerprint density at radius 3 is 1.91 bits per heavy atom. The van der Waals surface area contributed by atoms with Crippen molar-refractivity contribution in [2.24, 2.45) is 5.41 Å². The molecular formula is C20H41NO. The van der Waals surface area contributed by atoms with Crippen LogP contribution in [0.3, 0.4) is 0 Å². The third-order valence-electron chi connectivity index (χ3n) is 4.18. The molecule has 2 heteroatoms. The van der Waals surface area contributed by atoms with Crippen LogP contribution in [0.5, 0.6) is 0 Å². The molecule has 0 atom stereocenters. The molecule has 0 rings (SSSR count). The van der Waals surface area contributed by atoms with E-state index in [2.05, 4.69) is 33.0 Å². The molecule has 0 fully saturated rings. The number of amides is 1. The Labute approximate surface area is 139 Å². The normalized spacial score (nSPS) is 11.6. The van der Waals surface area contributed by atoms with Gasteiger partial charge in [0.25, 0.3) is 0 Å². The molecule has 0 aliphatic rings. The predicted molar refractivity (Wildman–Crippen MR) is 98.2 cm³/mol. The maximum atomic E-state index is 11.7. The Kier molecular flexibility index (Phi) is 13.7. The van der Waals surface area contributed by atoms with Crippen LogP contribution in [0.25, 0.3) is 0 Å². The average Bonchev–Trinajstić information content (AvgIpc) is 2.44. The minimum absolute atomic E-state index is 0.249. The van der Waals surface area contributed by atoms with Gasteiger partial charge in [-0.1, -0.05) is 85.5 Å². The molecule has 0 aromatic carbocycles. The Bertz CT molecular complexity index is 255. The van der Waals surface area contributed by atoms with Crippen molar-refractivity contribution >= 4 is 5.91 Å². The monoisotopic (exact) mass is 311 g/mol. The maximum Gasteiger partial charge on any atom is 0.219 e. The highest BCUT2D eigenvalue weighted by Gasteiger charge is 2.09. The van der Waals surface area contributed by atoms with E-state index in [1.54, 1.807) is 0 Å². The largest absolute Gasteiger partial charge is 0.356 e. The van der Waals surface area contributed by atoms with E-state index < -0.39 is 0 Å². The highest BCUT2D eigenvalue weighted by molar-refractivity contribution is 5.75. The smallest absolute Gasteiger partial charge is 0.219 e. The van der Waals surface area contributed by atoms with Gasteiger partial charge in [-0.15, -0.1) is 0 Å². The predicted octanol–water partition coefficient (Wildman–Crippen LogP) is 6.24. The second-order valence-electron chi connectivity index (χ2n) is 7.95. The van der Waals surface area contributed by atoms with E-state index in [4.69, 9.17) is 0 Å². The van der Waals surface area contributed by atoms with Crippen LogP contribution >= 0.6 is 0 Å². The fraction of sp³-hybridized carbons (Fsp3) is 0.950. The molecular weight excluding hydrogens is 270 g/mol. The van der Waals surface area contributed by atoms with Crippen LogP contribution in [-0.2, 0) is 4.79 Å². The summed E-state index contributed by atoms with van der Waals surface area (Å²) in [5, 5.41) is 3.06. The third-order valence-corrected chi connectivity index (χ3v) is 4.18. The zero-order valence-electron chi connectivity index (χ0n) is 15.8. The van der Waals surface area contributed by atoms with Crippen molar-refractivity contribution in [3.8, 4) is 0 Å². The fourth-order valence-electron chi connectivity index (χ4n) is 2.69. The van der Waals surface area contributed by atoms with Crippen LogP contribution in [0.15, 0.2) is 0 Å². The van der Waals surface area contributed by atoms with Crippen molar-refractivity contribution in [2.45, 2.75) is 111 Å². The molecule has 0 spiro atoms. The van der Waals surface area contributed by atoms with E-state index in [0.29, 0.717) is 11.8 Å². The molecule has 1 N–H and O–H groups in total. The minimum Gasteiger partial charge on any atom is -0.356 e. The summed E-state index contributed by atoms with van der Waals surface area (Å²) in [7, 11) is 0. The fourth-order valence-corrected chi connectivity index (χ4v) is 2.69. The number of hydrogen-bond donors (Lipinski definition) is 1. The standard InChI is InChI=1S/C20H41NO/c1-5-6-7-8-9-10-11-15-18-21-19(22)16-13-12-14-17-20(2,3)4/h5-18H2,1-4H3,(H,21,22). The van der Waals surface area contributed by atoms with Crippen LogP contribution in [0.2, 0.25) is 0 Å². The molecule has 0 aromatic rings. The van der Waals surface area contributed by atoms with E-state index >= 15 is 0 Å². The number of unbranched alkanes of at least 4 members (excludes halogenated alkanes) is 9. The van der Waals surface area contributed by atoms with Gasteiger partial charge in [0.15, 0.2) is 0 Å². The SMILES string of the molecule is CCCCCCCCCCNC(=O)CCCCCC(C)(C)C. The molecule has 0 bridgehead atoms. The summed E-state index contributed by atoms with van der Waals surface area (Å²) >= 11 is 0. The summed E-state index contributed by atoms with van der Waals surface area (Å²) in [5.74, 6) is 0.249. The number of carbonyl (C=O) groups excluding carboxylic acids is 1. The zero-order chi connectivity index (χ0) is 16.7. The lowest BCUT2D eigenvalue weighted by Gasteiger charge is -2.17. The van der Waals surface area contributed by atoms with Gasteiger partial charge in [0.05, 0.1) is 0 Å². The zero-order valence-corrected chi connectivity index (χ0v) is 15.8. The van der Waals surface area contributed by atoms with Crippen LogP contribution in [0.4, 0.5) is 0 Å². The Balaban J connectivity index is 3.23. The Morgan fingerprint density at radius 1 is 0.773 bits per heavy atom. The van der Waals surface area contributed by atoms with Crippen molar-refractivity contribution in [3.63, 3.8) is 0 Å². The summed E-state index contributed by atoms with van der Waals surface area (Å²) in [6.45, 7) is 9.97. The molecule has 0 aliphatic heterocycles. The quantitative estimate of drug-likeness (QED) is 0.378. The van der Waals surface area contributed by atoms with Gasteiger partial charge < -0.3 is 5.32 Å². The summed E-state index contributed by atoms with van der Waals surface area (Å²) in [4.78, 5) is 11.7. The van der Waals surface area contributed by atoms with Gasteiger partial charge in [-0.3, -0.25) is 4.79 Å². The van der Waals surface area contributed by atoms with E-state index in [9.17, 15) is 4.79 Å². The number of rotatable bonds is 14. The summed E-state index contributed by atoms with van der Waals surface area (Å²) in [5.41, 5.74) is 0.429. The van der Waals surface area contributed by atoms with Gasteiger partial charge in [-0.25, -0.2) is 0 Å². The average molecular weight is 312 g/mol. The van der Waals surface area contributed by atoms with Crippen LogP contribution in [-0.4, -0.2) is 12.5 Å². The van der Waals surface area contributed by atoms with Gasteiger partial charge >= 0.3 is 0 Å². The van der Waals surface area contributed by atoms with Crippen molar-refractivity contribution in [2.75, 3.05) is 6.54 Å². The molecule has 0 saturated heterocycles. The molecule has 0 saturated carbocycles. The first-order valence-electron chi connectivity index (χ1n) is 9.72. The van der Waals surface area contributed by atoms with Crippen LogP contribution in [0, 0.1) is 5.41 Å². The number of carbonyl (C=O) groups is 1. The summed E-state index contributed by atoms with van der Waals surface area (Å²) < 4.78 is 0. The first kappa shape index (κ1) is 21.5. The third kappa shape index (κ3) is 17.5. The first-order chi connectivity index (χ1) is 10.5. The van der Waals surface area contributed by atoms with E-state index in [1.165, 1.54) is 64.2 Å². The molecule has 0 aliphatic carbocycles. The second kappa shape index (κ2) is 14.1. The molecule has 0 heterocycles. The minimum atomic E-state index is 0.249. The lowest BCUT2D eigenvalue weighted by molar-refractivity contribution is -0.121. The Morgan fingerprint density at radius 2 is 1.32 bits per heavy atom. The molecule has 0 unspecified atom stereocenters. The first-order valence-corrected chi connectivity index (χ1v) is 9.72. The molecule has 0 radical (unpaired) electrons. The molecule has 1 amide bonds. The molecule has 0 aromatic heterocycles. The van der Waals surface area contributed by atoms with Crippen molar-refractivity contribution in [1.29, 1.82) is 0 Å². The summed E-state index contributed by atoms with van der Waals surface area (Å²) in [6, 6.07) is 0. The van der Waals surface area contributed by atoms with Gasteiger partial charge in [0, 0.05) is 13.0 Å². The number of nitrogens with one attached hydrogen (secondary N) is 1. The van der Waals surface area contributed by atoms with E-state index in [1.807, 2.05) is 0 Å². The highest BCUT2D eigenvalue weighted by Crippen LogP contribution is 2.22. The highest BCUT2D eigenvalue weighted by atomic mass is 16.1. The van der Waals surface area contributed by atoms with Gasteiger partial charge in [0.1, 0.15) is 0 Å². The van der Waals surface area contributed by atoms with Crippen molar-refractivity contribution < 1.29 is 4.79 Å². The van der Waals surface area contributed by atoms with Gasteiger partial charge in [-0.2, -0.15) is 0 Å². The molecule has 132 valence electrons. The Hall–Kier alpha value is -0.530. The maximum absolute atomic E-state index is 11.7. The number of hydrogen-bond acceptors (Lipinski definition) is 1. The van der Waals surface area contributed by atoms with Gasteiger partial charge in [-0.05, 0) is 24.7 Å². The molecule has 22 heavy (non-hydrogen) atoms. The van der Waals surface area contributed by atoms with E-state index in [-0.39, 0.29) is 5.91 Å². The van der Waals surface area contributed by atoms with Crippen molar-refractivity contribution in [1.82, 2.24) is 5.32 Å².